The number of rotatable bonds is 2. The quantitative estimate of drug-likeness (QED) is 0.690. The Morgan fingerprint density at radius 2 is 1.92 bits per heavy atom. The van der Waals surface area contributed by atoms with E-state index in [-0.39, 0.29) is 0 Å². The van der Waals surface area contributed by atoms with Crippen molar-refractivity contribution < 1.29 is 13.6 Å². The van der Waals surface area contributed by atoms with Crippen LogP contribution in [0, 0.1) is 5.92 Å². The molecule has 0 atom stereocenters. The van der Waals surface area contributed by atoms with Crippen LogP contribution in [0.15, 0.2) is 0 Å². The minimum atomic E-state index is -3.33. The summed E-state index contributed by atoms with van der Waals surface area (Å²) in [5.74, 6) is -5.70. The van der Waals surface area contributed by atoms with Gasteiger partial charge in [-0.05, 0) is 33.0 Å². The standard InChI is InChI=1S/C8H14F2N2O/c1-12-4-2-6(3-5-12)8(9,10)7(11)13/h6H,2-5H2,1H3,(H2,11,13). The van der Waals surface area contributed by atoms with Gasteiger partial charge >= 0.3 is 5.92 Å². The van der Waals surface area contributed by atoms with Gasteiger partial charge in [-0.2, -0.15) is 8.78 Å². The Bertz CT molecular complexity index is 200. The topological polar surface area (TPSA) is 46.3 Å². The van der Waals surface area contributed by atoms with Crippen molar-refractivity contribution in [2.45, 2.75) is 18.8 Å². The van der Waals surface area contributed by atoms with E-state index in [0.29, 0.717) is 25.9 Å². The van der Waals surface area contributed by atoms with E-state index in [1.165, 1.54) is 0 Å². The Kier molecular flexibility index (Phi) is 2.85. The Labute approximate surface area is 75.9 Å². The van der Waals surface area contributed by atoms with Gasteiger partial charge in [-0.25, -0.2) is 0 Å². The van der Waals surface area contributed by atoms with Gasteiger partial charge in [0.15, 0.2) is 0 Å². The van der Waals surface area contributed by atoms with E-state index in [4.69, 9.17) is 0 Å². The molecule has 1 amide bonds. The van der Waals surface area contributed by atoms with Crippen LogP contribution >= 0.6 is 0 Å². The fourth-order valence-electron chi connectivity index (χ4n) is 1.57. The van der Waals surface area contributed by atoms with Crippen LogP contribution in [0.4, 0.5) is 8.78 Å². The molecule has 0 spiro atoms. The maximum absolute atomic E-state index is 13.1. The van der Waals surface area contributed by atoms with Crippen LogP contribution in [-0.2, 0) is 4.79 Å². The third-order valence-corrected chi connectivity index (χ3v) is 2.56. The lowest BCUT2D eigenvalue weighted by atomic mass is 9.90. The fraction of sp³-hybridized carbons (Fsp3) is 0.875. The van der Waals surface area contributed by atoms with Gasteiger partial charge in [-0.3, -0.25) is 4.79 Å². The molecule has 0 radical (unpaired) electrons. The van der Waals surface area contributed by atoms with Crippen LogP contribution < -0.4 is 5.73 Å². The molecule has 0 unspecified atom stereocenters. The lowest BCUT2D eigenvalue weighted by molar-refractivity contribution is -0.153. The summed E-state index contributed by atoms with van der Waals surface area (Å²) in [5.41, 5.74) is 4.63. The number of amides is 1. The van der Waals surface area contributed by atoms with Gasteiger partial charge in [0, 0.05) is 5.92 Å². The van der Waals surface area contributed by atoms with Gasteiger partial charge in [0.05, 0.1) is 0 Å². The average Bonchev–Trinajstić information content (AvgIpc) is 2.04. The Balaban J connectivity index is 2.58. The number of carbonyl (C=O) groups excluding carboxylic acids is 1. The fourth-order valence-corrected chi connectivity index (χ4v) is 1.57. The molecule has 0 bridgehead atoms. The van der Waals surface area contributed by atoms with Crippen LogP contribution in [0.2, 0.25) is 0 Å². The van der Waals surface area contributed by atoms with Crippen molar-refractivity contribution in [2.75, 3.05) is 20.1 Å². The van der Waals surface area contributed by atoms with Crippen molar-refractivity contribution in [3.05, 3.63) is 0 Å². The normalized spacial score (nSPS) is 21.8. The number of nitrogens with two attached hydrogens (primary N) is 1. The second kappa shape index (κ2) is 3.57. The number of nitrogens with zero attached hydrogens (tertiary/aromatic N) is 1. The molecule has 13 heavy (non-hydrogen) atoms. The first-order valence-corrected chi connectivity index (χ1v) is 4.31. The van der Waals surface area contributed by atoms with Crippen molar-refractivity contribution in [2.24, 2.45) is 11.7 Å². The highest BCUT2D eigenvalue weighted by atomic mass is 19.3. The summed E-state index contributed by atoms with van der Waals surface area (Å²) in [6, 6.07) is 0. The maximum Gasteiger partial charge on any atom is 0.327 e. The second-order valence-electron chi connectivity index (χ2n) is 3.56. The molecule has 3 nitrogen and oxygen atoms in total. The van der Waals surface area contributed by atoms with Gasteiger partial charge < -0.3 is 10.6 Å². The first-order chi connectivity index (χ1) is 5.94. The molecule has 1 fully saturated rings. The van der Waals surface area contributed by atoms with Crippen molar-refractivity contribution in [3.63, 3.8) is 0 Å². The van der Waals surface area contributed by atoms with E-state index in [0.717, 1.165) is 0 Å². The highest BCUT2D eigenvalue weighted by Crippen LogP contribution is 2.32. The van der Waals surface area contributed by atoms with Crippen molar-refractivity contribution in [1.29, 1.82) is 0 Å². The zero-order valence-corrected chi connectivity index (χ0v) is 7.59. The van der Waals surface area contributed by atoms with Crippen molar-refractivity contribution in [1.82, 2.24) is 4.90 Å². The molecule has 0 aliphatic carbocycles. The predicted octanol–water partition coefficient (Wildman–Crippen LogP) is 0.449. The number of halogens is 2. The number of hydrogen-bond acceptors (Lipinski definition) is 2. The van der Waals surface area contributed by atoms with E-state index in [2.05, 4.69) is 5.73 Å². The molecule has 0 aromatic heterocycles. The van der Waals surface area contributed by atoms with Gasteiger partial charge in [0.2, 0.25) is 0 Å². The molecule has 1 rings (SSSR count). The predicted molar refractivity (Wildman–Crippen MR) is 44.4 cm³/mol. The van der Waals surface area contributed by atoms with Crippen molar-refractivity contribution >= 4 is 5.91 Å². The molecule has 1 heterocycles. The lowest BCUT2D eigenvalue weighted by Gasteiger charge is -2.32. The van der Waals surface area contributed by atoms with Gasteiger partial charge in [0.25, 0.3) is 5.91 Å². The molecule has 2 N–H and O–H groups in total. The molecular formula is C8H14F2N2O. The SMILES string of the molecule is CN1CCC(C(F)(F)C(N)=O)CC1. The van der Waals surface area contributed by atoms with Crippen molar-refractivity contribution in [3.8, 4) is 0 Å². The number of alkyl halides is 2. The van der Waals surface area contributed by atoms with Crippen LogP contribution in [0.25, 0.3) is 0 Å². The average molecular weight is 192 g/mol. The first kappa shape index (κ1) is 10.4. The summed E-state index contributed by atoms with van der Waals surface area (Å²) >= 11 is 0. The number of carbonyl (C=O) groups is 1. The third-order valence-electron chi connectivity index (χ3n) is 2.56. The summed E-state index contributed by atoms with van der Waals surface area (Å²) in [5, 5.41) is 0. The summed E-state index contributed by atoms with van der Waals surface area (Å²) in [6.45, 7) is 1.21. The Hall–Kier alpha value is -0.710. The zero-order chi connectivity index (χ0) is 10.1. The van der Waals surface area contributed by atoms with Gasteiger partial charge in [-0.1, -0.05) is 0 Å². The van der Waals surface area contributed by atoms with Crippen LogP contribution in [0.1, 0.15) is 12.8 Å². The Morgan fingerprint density at radius 3 is 2.31 bits per heavy atom. The maximum atomic E-state index is 13.1. The summed E-state index contributed by atoms with van der Waals surface area (Å²) in [6.07, 6.45) is 0.679. The molecule has 1 aliphatic rings. The largest absolute Gasteiger partial charge is 0.364 e. The number of likely N-dealkylation sites (tertiary alicyclic amines) is 1. The van der Waals surface area contributed by atoms with Gasteiger partial charge in [0.1, 0.15) is 0 Å². The molecule has 0 aromatic carbocycles. The highest BCUT2D eigenvalue weighted by molar-refractivity contribution is 5.81. The summed E-state index contributed by atoms with van der Waals surface area (Å²) < 4.78 is 26.1. The number of primary amides is 1. The highest BCUT2D eigenvalue weighted by Gasteiger charge is 2.45. The molecular weight excluding hydrogens is 178 g/mol. The van der Waals surface area contributed by atoms with E-state index >= 15 is 0 Å². The molecule has 0 aromatic rings. The first-order valence-electron chi connectivity index (χ1n) is 4.31. The second-order valence-corrected chi connectivity index (χ2v) is 3.56. The summed E-state index contributed by atoms with van der Waals surface area (Å²) in [7, 11) is 1.87. The van der Waals surface area contributed by atoms with Gasteiger partial charge in [-0.15, -0.1) is 0 Å². The molecule has 1 aliphatic heterocycles. The Morgan fingerprint density at radius 1 is 1.46 bits per heavy atom. The molecule has 0 saturated carbocycles. The van der Waals surface area contributed by atoms with E-state index in [1.54, 1.807) is 0 Å². The zero-order valence-electron chi connectivity index (χ0n) is 7.59. The minimum absolute atomic E-state index is 0.340. The minimum Gasteiger partial charge on any atom is -0.364 e. The van der Waals surface area contributed by atoms with Crippen LogP contribution in [0.5, 0.6) is 0 Å². The van der Waals surface area contributed by atoms with E-state index in [9.17, 15) is 13.6 Å². The molecule has 5 heteroatoms. The smallest absolute Gasteiger partial charge is 0.327 e. The molecule has 1 saturated heterocycles. The molecule has 76 valence electrons. The lowest BCUT2D eigenvalue weighted by Crippen LogP contribution is -2.46. The van der Waals surface area contributed by atoms with E-state index in [1.807, 2.05) is 11.9 Å². The monoisotopic (exact) mass is 192 g/mol. The van der Waals surface area contributed by atoms with Crippen LogP contribution in [-0.4, -0.2) is 36.9 Å². The van der Waals surface area contributed by atoms with E-state index < -0.39 is 17.7 Å². The van der Waals surface area contributed by atoms with Crippen LogP contribution in [0.3, 0.4) is 0 Å². The number of piperidine rings is 1. The number of hydrogen-bond donors (Lipinski definition) is 1. The third kappa shape index (κ3) is 2.15. The summed E-state index contributed by atoms with van der Waals surface area (Å²) in [4.78, 5) is 12.4.